The first-order valence-corrected chi connectivity index (χ1v) is 6.34. The van der Waals surface area contributed by atoms with E-state index in [1.165, 1.54) is 12.1 Å². The third-order valence-electron chi connectivity index (χ3n) is 3.03. The van der Waals surface area contributed by atoms with Crippen LogP contribution in [-0.2, 0) is 6.18 Å². The van der Waals surface area contributed by atoms with Crippen LogP contribution in [0.4, 0.5) is 24.7 Å². The van der Waals surface area contributed by atoms with E-state index in [4.69, 9.17) is 0 Å². The smallest absolute Gasteiger partial charge is 0.451 e. The van der Waals surface area contributed by atoms with Crippen molar-refractivity contribution in [3.8, 4) is 5.75 Å². The van der Waals surface area contributed by atoms with Crippen LogP contribution in [0.15, 0.2) is 30.3 Å². The third kappa shape index (κ3) is 2.54. The molecule has 3 N–H and O–H groups in total. The summed E-state index contributed by atoms with van der Waals surface area (Å²) in [4.78, 5) is 9.80. The van der Waals surface area contributed by atoms with E-state index in [9.17, 15) is 18.3 Å². The number of aryl methyl sites for hydroxylation is 1. The molecule has 22 heavy (non-hydrogen) atoms. The van der Waals surface area contributed by atoms with Crippen LogP contribution in [-0.4, -0.2) is 20.1 Å². The lowest BCUT2D eigenvalue weighted by atomic mass is 10.2. The van der Waals surface area contributed by atoms with Crippen molar-refractivity contribution < 1.29 is 18.3 Å². The molecule has 0 fully saturated rings. The number of aromatic hydroxyl groups is 1. The number of rotatable bonds is 2. The normalized spacial score (nSPS) is 11.8. The van der Waals surface area contributed by atoms with Gasteiger partial charge in [0.15, 0.2) is 0 Å². The SMILES string of the molecule is Cc1cc2c(Nc3ccccc3O)nc(C(F)(F)F)nc2[nH]1. The van der Waals surface area contributed by atoms with Crippen LogP contribution in [0.2, 0.25) is 0 Å². The molecule has 0 spiro atoms. The Kier molecular flexibility index (Phi) is 3.16. The third-order valence-corrected chi connectivity index (χ3v) is 3.03. The molecule has 0 bridgehead atoms. The quantitative estimate of drug-likeness (QED) is 0.631. The molecular weight excluding hydrogens is 297 g/mol. The molecule has 0 saturated carbocycles. The highest BCUT2D eigenvalue weighted by Crippen LogP contribution is 2.33. The van der Waals surface area contributed by atoms with Gasteiger partial charge in [0.25, 0.3) is 0 Å². The van der Waals surface area contributed by atoms with E-state index in [0.29, 0.717) is 11.1 Å². The average Bonchev–Trinajstić information content (AvgIpc) is 2.81. The number of phenols is 1. The summed E-state index contributed by atoms with van der Waals surface area (Å²) in [6, 6.07) is 7.85. The van der Waals surface area contributed by atoms with Crippen molar-refractivity contribution in [3.05, 3.63) is 41.9 Å². The molecule has 0 radical (unpaired) electrons. The molecule has 3 aromatic rings. The standard InChI is InChI=1S/C14H11F3N4O/c1-7-6-8-11(18-7)20-13(14(15,16)17)21-12(8)19-9-4-2-3-5-10(9)22/h2-6,22H,1H3,(H2,18,19,20,21). The Morgan fingerprint density at radius 2 is 1.91 bits per heavy atom. The zero-order valence-corrected chi connectivity index (χ0v) is 11.4. The van der Waals surface area contributed by atoms with Gasteiger partial charge in [-0.3, -0.25) is 0 Å². The fourth-order valence-corrected chi connectivity index (χ4v) is 2.07. The lowest BCUT2D eigenvalue weighted by Gasteiger charge is -2.11. The number of nitrogens with zero attached hydrogens (tertiary/aromatic N) is 2. The maximum absolute atomic E-state index is 12.9. The summed E-state index contributed by atoms with van der Waals surface area (Å²) in [5, 5.41) is 12.9. The van der Waals surface area contributed by atoms with Gasteiger partial charge < -0.3 is 15.4 Å². The van der Waals surface area contributed by atoms with Crippen LogP contribution < -0.4 is 5.32 Å². The number of para-hydroxylation sites is 2. The minimum absolute atomic E-state index is 0.0248. The van der Waals surface area contributed by atoms with Gasteiger partial charge in [0.2, 0.25) is 5.82 Å². The average molecular weight is 308 g/mol. The number of H-pyrrole nitrogens is 1. The molecule has 2 heterocycles. The minimum atomic E-state index is -4.66. The number of halogens is 3. The predicted molar refractivity (Wildman–Crippen MR) is 75.0 cm³/mol. The van der Waals surface area contributed by atoms with E-state index in [0.717, 1.165) is 0 Å². The van der Waals surface area contributed by atoms with Crippen molar-refractivity contribution in [3.63, 3.8) is 0 Å². The molecule has 0 saturated heterocycles. The topological polar surface area (TPSA) is 73.8 Å². The van der Waals surface area contributed by atoms with Gasteiger partial charge in [0.1, 0.15) is 17.2 Å². The first kappa shape index (κ1) is 14.2. The first-order valence-electron chi connectivity index (χ1n) is 6.34. The highest BCUT2D eigenvalue weighted by atomic mass is 19.4. The first-order chi connectivity index (χ1) is 10.3. The van der Waals surface area contributed by atoms with Crippen LogP contribution in [0, 0.1) is 6.92 Å². The molecule has 0 unspecified atom stereocenters. The molecule has 5 nitrogen and oxygen atoms in total. The monoisotopic (exact) mass is 308 g/mol. The van der Waals surface area contributed by atoms with Crippen LogP contribution in [0.3, 0.4) is 0 Å². The van der Waals surface area contributed by atoms with Crippen molar-refractivity contribution in [1.29, 1.82) is 0 Å². The number of aromatic amines is 1. The fraction of sp³-hybridized carbons (Fsp3) is 0.143. The molecule has 0 aliphatic heterocycles. The minimum Gasteiger partial charge on any atom is -0.506 e. The van der Waals surface area contributed by atoms with Crippen LogP contribution in [0.1, 0.15) is 11.5 Å². The second kappa shape index (κ2) is 4.90. The van der Waals surface area contributed by atoms with Crippen LogP contribution in [0.25, 0.3) is 11.0 Å². The maximum atomic E-state index is 12.9. The second-order valence-electron chi connectivity index (χ2n) is 4.75. The van der Waals surface area contributed by atoms with Crippen molar-refractivity contribution in [1.82, 2.24) is 15.0 Å². The predicted octanol–water partition coefficient (Wildman–Crippen LogP) is 3.73. The van der Waals surface area contributed by atoms with Crippen molar-refractivity contribution in [2.75, 3.05) is 5.32 Å². The summed E-state index contributed by atoms with van der Waals surface area (Å²) < 4.78 is 38.7. The number of fused-ring (bicyclic) bond motifs is 1. The number of hydrogen-bond donors (Lipinski definition) is 3. The molecule has 0 aliphatic carbocycles. The molecule has 0 amide bonds. The summed E-state index contributed by atoms with van der Waals surface area (Å²) in [5.41, 5.74) is 0.996. The molecule has 3 rings (SSSR count). The van der Waals surface area contributed by atoms with E-state index in [1.54, 1.807) is 25.1 Å². The molecule has 0 aliphatic rings. The highest BCUT2D eigenvalue weighted by molar-refractivity contribution is 5.90. The Bertz CT molecular complexity index is 842. The Morgan fingerprint density at radius 3 is 2.59 bits per heavy atom. The number of nitrogens with one attached hydrogen (secondary N) is 2. The van der Waals surface area contributed by atoms with Crippen molar-refractivity contribution in [2.24, 2.45) is 0 Å². The summed E-state index contributed by atoms with van der Waals surface area (Å²) in [6.45, 7) is 1.71. The molecule has 114 valence electrons. The van der Waals surface area contributed by atoms with Crippen LogP contribution >= 0.6 is 0 Å². The molecule has 0 atom stereocenters. The molecule has 2 aromatic heterocycles. The second-order valence-corrected chi connectivity index (χ2v) is 4.75. The molecular formula is C14H11F3N4O. The van der Waals surface area contributed by atoms with Gasteiger partial charge in [-0.2, -0.15) is 13.2 Å². The number of aromatic nitrogens is 3. The largest absolute Gasteiger partial charge is 0.506 e. The Balaban J connectivity index is 2.16. The molecule has 8 heteroatoms. The van der Waals surface area contributed by atoms with E-state index >= 15 is 0 Å². The number of alkyl halides is 3. The van der Waals surface area contributed by atoms with Crippen LogP contribution in [0.5, 0.6) is 5.75 Å². The van der Waals surface area contributed by atoms with E-state index in [2.05, 4.69) is 20.3 Å². The zero-order valence-electron chi connectivity index (χ0n) is 11.4. The van der Waals surface area contributed by atoms with E-state index in [-0.39, 0.29) is 22.9 Å². The van der Waals surface area contributed by atoms with Gasteiger partial charge in [-0.25, -0.2) is 9.97 Å². The lowest BCUT2D eigenvalue weighted by Crippen LogP contribution is -2.12. The van der Waals surface area contributed by atoms with E-state index < -0.39 is 12.0 Å². The highest BCUT2D eigenvalue weighted by Gasteiger charge is 2.36. The van der Waals surface area contributed by atoms with Crippen molar-refractivity contribution >= 4 is 22.5 Å². The van der Waals surface area contributed by atoms with Gasteiger partial charge in [-0.15, -0.1) is 0 Å². The summed E-state index contributed by atoms with van der Waals surface area (Å²) in [7, 11) is 0. The zero-order chi connectivity index (χ0) is 15.9. The summed E-state index contributed by atoms with van der Waals surface area (Å²) in [5.74, 6) is -1.36. The maximum Gasteiger partial charge on any atom is 0.451 e. The van der Waals surface area contributed by atoms with Gasteiger partial charge >= 0.3 is 6.18 Å². The Labute approximate surface area is 122 Å². The number of anilines is 2. The fourth-order valence-electron chi connectivity index (χ4n) is 2.07. The lowest BCUT2D eigenvalue weighted by molar-refractivity contribution is -0.144. The van der Waals surface area contributed by atoms with Gasteiger partial charge in [-0.05, 0) is 25.1 Å². The van der Waals surface area contributed by atoms with Crippen molar-refractivity contribution in [2.45, 2.75) is 13.1 Å². The number of phenolic OH excluding ortho intramolecular Hbond substituents is 1. The number of hydrogen-bond acceptors (Lipinski definition) is 4. The van der Waals surface area contributed by atoms with Gasteiger partial charge in [0, 0.05) is 5.69 Å². The van der Waals surface area contributed by atoms with E-state index in [1.807, 2.05) is 0 Å². The van der Waals surface area contributed by atoms with Gasteiger partial charge in [-0.1, -0.05) is 12.1 Å². The Hall–Kier alpha value is -2.77. The Morgan fingerprint density at radius 1 is 1.18 bits per heavy atom. The summed E-state index contributed by atoms with van der Waals surface area (Å²) in [6.07, 6.45) is -4.66. The van der Waals surface area contributed by atoms with Gasteiger partial charge in [0.05, 0.1) is 11.1 Å². The summed E-state index contributed by atoms with van der Waals surface area (Å²) >= 11 is 0. The molecule has 1 aromatic carbocycles. The number of benzene rings is 1.